The number of carboxylic acids is 1. The first kappa shape index (κ1) is 16.3. The Kier molecular flexibility index (Phi) is 4.44. The lowest BCUT2D eigenvalue weighted by molar-refractivity contribution is 0.0165. The molecule has 0 radical (unpaired) electrons. The molecule has 1 aromatic rings. The summed E-state index contributed by atoms with van der Waals surface area (Å²) >= 11 is 0. The highest BCUT2D eigenvalue weighted by Gasteiger charge is 2.29. The van der Waals surface area contributed by atoms with Crippen LogP contribution in [-0.2, 0) is 4.74 Å². The van der Waals surface area contributed by atoms with Gasteiger partial charge in [0.15, 0.2) is 5.69 Å². The van der Waals surface area contributed by atoms with Gasteiger partial charge in [-0.25, -0.2) is 9.59 Å². The number of hydrogen-bond donors (Lipinski definition) is 1. The molecule has 1 aromatic heterocycles. The van der Waals surface area contributed by atoms with Gasteiger partial charge in [0, 0.05) is 18.8 Å². The molecule has 122 valence electrons. The molecule has 1 aliphatic heterocycles. The second-order valence-corrected chi connectivity index (χ2v) is 6.64. The number of piperidine rings is 1. The van der Waals surface area contributed by atoms with E-state index in [4.69, 9.17) is 9.84 Å². The summed E-state index contributed by atoms with van der Waals surface area (Å²) in [5.41, 5.74) is 0.294. The lowest BCUT2D eigenvalue weighted by atomic mass is 10.1. The van der Waals surface area contributed by atoms with Crippen LogP contribution in [0.25, 0.3) is 0 Å². The van der Waals surface area contributed by atoms with E-state index in [2.05, 4.69) is 5.10 Å². The number of nitrogens with zero attached hydrogens (tertiary/aromatic N) is 3. The molecule has 1 fully saturated rings. The molecule has 22 heavy (non-hydrogen) atoms. The minimum atomic E-state index is -1.04. The fourth-order valence-electron chi connectivity index (χ4n) is 2.61. The third-order valence-electron chi connectivity index (χ3n) is 3.54. The van der Waals surface area contributed by atoms with Crippen LogP contribution in [0.5, 0.6) is 0 Å². The van der Waals surface area contributed by atoms with Crippen LogP contribution >= 0.6 is 0 Å². The molecule has 7 nitrogen and oxygen atoms in total. The van der Waals surface area contributed by atoms with Crippen molar-refractivity contribution in [2.24, 2.45) is 0 Å². The van der Waals surface area contributed by atoms with Crippen molar-refractivity contribution in [3.05, 3.63) is 17.5 Å². The van der Waals surface area contributed by atoms with Crippen LogP contribution in [0.15, 0.2) is 6.07 Å². The molecule has 7 heteroatoms. The number of aryl methyl sites for hydroxylation is 1. The molecular formula is C15H23N3O4. The third kappa shape index (κ3) is 3.78. The van der Waals surface area contributed by atoms with Crippen molar-refractivity contribution in [1.82, 2.24) is 14.7 Å². The Morgan fingerprint density at radius 1 is 1.41 bits per heavy atom. The molecule has 0 spiro atoms. The summed E-state index contributed by atoms with van der Waals surface area (Å²) in [6.45, 7) is 8.47. The van der Waals surface area contributed by atoms with Crippen LogP contribution in [0.2, 0.25) is 0 Å². The summed E-state index contributed by atoms with van der Waals surface area (Å²) in [7, 11) is 0. The predicted octanol–water partition coefficient (Wildman–Crippen LogP) is 2.46. The first-order chi connectivity index (χ1) is 10.2. The van der Waals surface area contributed by atoms with Gasteiger partial charge in [0.25, 0.3) is 0 Å². The van der Waals surface area contributed by atoms with Gasteiger partial charge in [-0.2, -0.15) is 5.10 Å². The largest absolute Gasteiger partial charge is 0.476 e. The number of rotatable bonds is 2. The van der Waals surface area contributed by atoms with Crippen molar-refractivity contribution >= 4 is 12.1 Å². The lowest BCUT2D eigenvalue weighted by Crippen LogP contribution is -2.43. The van der Waals surface area contributed by atoms with Gasteiger partial charge in [-0.3, -0.25) is 4.68 Å². The highest BCUT2D eigenvalue weighted by Crippen LogP contribution is 2.24. The molecular weight excluding hydrogens is 286 g/mol. The van der Waals surface area contributed by atoms with Crippen LogP contribution in [0.1, 0.15) is 55.8 Å². The summed E-state index contributed by atoms with van der Waals surface area (Å²) in [6, 6.07) is 1.53. The zero-order chi connectivity index (χ0) is 16.5. The lowest BCUT2D eigenvalue weighted by Gasteiger charge is -2.34. The Hall–Kier alpha value is -2.05. The monoisotopic (exact) mass is 309 g/mol. The Labute approximate surface area is 129 Å². The molecule has 2 rings (SSSR count). The highest BCUT2D eigenvalue weighted by atomic mass is 16.6. The van der Waals surface area contributed by atoms with Crippen molar-refractivity contribution in [2.45, 2.75) is 52.2 Å². The van der Waals surface area contributed by atoms with Crippen LogP contribution in [0.4, 0.5) is 4.79 Å². The van der Waals surface area contributed by atoms with Gasteiger partial charge in [-0.15, -0.1) is 0 Å². The van der Waals surface area contributed by atoms with Crippen LogP contribution in [0.3, 0.4) is 0 Å². The number of carbonyl (C=O) groups is 2. The number of hydrogen-bond acceptors (Lipinski definition) is 4. The number of ether oxygens (including phenoxy) is 1. The molecule has 0 saturated carbocycles. The summed E-state index contributed by atoms with van der Waals surface area (Å²) in [4.78, 5) is 24.9. The maximum Gasteiger partial charge on any atom is 0.410 e. The average molecular weight is 309 g/mol. The van der Waals surface area contributed by atoms with Gasteiger partial charge in [-0.1, -0.05) is 0 Å². The molecule has 1 N–H and O–H groups in total. The smallest absolute Gasteiger partial charge is 0.410 e. The van der Waals surface area contributed by atoms with Gasteiger partial charge < -0.3 is 14.7 Å². The fraction of sp³-hybridized carbons (Fsp3) is 0.667. The van der Waals surface area contributed by atoms with E-state index in [1.165, 1.54) is 0 Å². The van der Waals surface area contributed by atoms with Crippen molar-refractivity contribution in [3.63, 3.8) is 0 Å². The van der Waals surface area contributed by atoms with E-state index in [1.54, 1.807) is 15.6 Å². The number of carbonyl (C=O) groups excluding carboxylic acids is 1. The Balaban J connectivity index is 2.10. The van der Waals surface area contributed by atoms with E-state index < -0.39 is 11.6 Å². The molecule has 1 aliphatic rings. The molecule has 0 unspecified atom stereocenters. The van der Waals surface area contributed by atoms with E-state index in [9.17, 15) is 9.59 Å². The van der Waals surface area contributed by atoms with E-state index in [-0.39, 0.29) is 17.8 Å². The molecule has 1 amide bonds. The van der Waals surface area contributed by atoms with Crippen molar-refractivity contribution in [1.29, 1.82) is 0 Å². The van der Waals surface area contributed by atoms with Crippen molar-refractivity contribution in [3.8, 4) is 0 Å². The summed E-state index contributed by atoms with van der Waals surface area (Å²) in [5, 5.41) is 13.2. The number of aromatic nitrogens is 2. The number of aromatic carboxylic acids is 1. The van der Waals surface area contributed by atoms with Crippen molar-refractivity contribution < 1.29 is 19.4 Å². The molecule has 1 atom stereocenters. The minimum Gasteiger partial charge on any atom is -0.476 e. The molecule has 0 aliphatic carbocycles. The quantitative estimate of drug-likeness (QED) is 0.907. The summed E-state index contributed by atoms with van der Waals surface area (Å²) in [5.74, 6) is -1.04. The maximum absolute atomic E-state index is 12.2. The molecule has 0 aromatic carbocycles. The maximum atomic E-state index is 12.2. The molecule has 1 saturated heterocycles. The fourth-order valence-corrected chi connectivity index (χ4v) is 2.61. The Morgan fingerprint density at radius 2 is 2.09 bits per heavy atom. The third-order valence-corrected chi connectivity index (χ3v) is 3.54. The van der Waals surface area contributed by atoms with Gasteiger partial charge in [-0.05, 0) is 46.6 Å². The first-order valence-corrected chi connectivity index (χ1v) is 7.45. The van der Waals surface area contributed by atoms with Crippen LogP contribution in [-0.4, -0.2) is 50.5 Å². The normalized spacial score (nSPS) is 19.1. The second-order valence-electron chi connectivity index (χ2n) is 6.64. The predicted molar refractivity (Wildman–Crippen MR) is 80.0 cm³/mol. The number of likely N-dealkylation sites (tertiary alicyclic amines) is 1. The zero-order valence-electron chi connectivity index (χ0n) is 13.5. The minimum absolute atomic E-state index is 0.0191. The van der Waals surface area contributed by atoms with E-state index in [1.807, 2.05) is 27.7 Å². The highest BCUT2D eigenvalue weighted by molar-refractivity contribution is 5.85. The van der Waals surface area contributed by atoms with E-state index >= 15 is 0 Å². The van der Waals surface area contributed by atoms with Crippen LogP contribution in [0, 0.1) is 6.92 Å². The Bertz CT molecular complexity index is 574. The average Bonchev–Trinajstić information content (AvgIpc) is 2.79. The topological polar surface area (TPSA) is 84.7 Å². The van der Waals surface area contributed by atoms with Gasteiger partial charge in [0.05, 0.1) is 6.04 Å². The Morgan fingerprint density at radius 3 is 2.64 bits per heavy atom. The van der Waals surface area contributed by atoms with Crippen LogP contribution < -0.4 is 0 Å². The number of amides is 1. The number of carboxylic acid groups (broad SMARTS) is 1. The van der Waals surface area contributed by atoms with Gasteiger partial charge in [0.1, 0.15) is 5.60 Å². The molecule has 2 heterocycles. The van der Waals surface area contributed by atoms with Crippen molar-refractivity contribution in [2.75, 3.05) is 13.1 Å². The first-order valence-electron chi connectivity index (χ1n) is 7.45. The zero-order valence-corrected chi connectivity index (χ0v) is 13.5. The van der Waals surface area contributed by atoms with Gasteiger partial charge >= 0.3 is 12.1 Å². The van der Waals surface area contributed by atoms with E-state index in [0.29, 0.717) is 13.1 Å². The SMILES string of the molecule is Cc1cc(C(=O)O)nn1[C@@H]1CCCN(C(=O)OC(C)(C)C)C1. The second kappa shape index (κ2) is 5.98. The van der Waals surface area contributed by atoms with Gasteiger partial charge in [0.2, 0.25) is 0 Å². The molecule has 0 bridgehead atoms. The van der Waals surface area contributed by atoms with E-state index in [0.717, 1.165) is 18.5 Å². The summed E-state index contributed by atoms with van der Waals surface area (Å²) in [6.07, 6.45) is 1.37. The summed E-state index contributed by atoms with van der Waals surface area (Å²) < 4.78 is 7.11. The standard InChI is InChI=1S/C15H23N3O4/c1-10-8-12(13(19)20)16-18(10)11-6-5-7-17(9-11)14(21)22-15(2,3)4/h8,11H,5-7,9H2,1-4H3,(H,19,20)/t11-/m1/s1.